The van der Waals surface area contributed by atoms with Gasteiger partial charge in [-0.15, -0.1) is 11.3 Å². The number of nitrogens with one attached hydrogen (secondary N) is 1. The Morgan fingerprint density at radius 1 is 1.10 bits per heavy atom. The van der Waals surface area contributed by atoms with Gasteiger partial charge in [-0.25, -0.2) is 0 Å². The van der Waals surface area contributed by atoms with Crippen LogP contribution in [-0.2, 0) is 11.3 Å². The maximum Gasteiger partial charge on any atom is 0.234 e. The first-order valence-corrected chi connectivity index (χ1v) is 10.7. The molecule has 5 heteroatoms. The van der Waals surface area contributed by atoms with E-state index in [0.29, 0.717) is 19.7 Å². The van der Waals surface area contributed by atoms with E-state index in [1.807, 2.05) is 54.6 Å². The third kappa shape index (κ3) is 6.17. The van der Waals surface area contributed by atoms with Crippen molar-refractivity contribution in [2.45, 2.75) is 26.4 Å². The minimum Gasteiger partial charge on any atom is -0.494 e. The van der Waals surface area contributed by atoms with Gasteiger partial charge in [0.15, 0.2) is 0 Å². The Balaban J connectivity index is 1.61. The van der Waals surface area contributed by atoms with E-state index in [9.17, 15) is 4.79 Å². The summed E-state index contributed by atoms with van der Waals surface area (Å²) in [6.45, 7) is 5.74. The summed E-state index contributed by atoms with van der Waals surface area (Å²) < 4.78 is 5.48. The molecule has 0 bridgehead atoms. The van der Waals surface area contributed by atoms with Gasteiger partial charge in [-0.3, -0.25) is 9.69 Å². The highest BCUT2D eigenvalue weighted by Gasteiger charge is 2.18. The molecule has 0 aliphatic heterocycles. The zero-order chi connectivity index (χ0) is 20.6. The number of amides is 1. The summed E-state index contributed by atoms with van der Waals surface area (Å²) in [5.74, 6) is 0.881. The minimum absolute atomic E-state index is 0.0115. The van der Waals surface area contributed by atoms with Crippen molar-refractivity contribution in [3.05, 3.63) is 87.6 Å². The quantitative estimate of drug-likeness (QED) is 0.553. The van der Waals surface area contributed by atoms with Gasteiger partial charge in [-0.2, -0.15) is 0 Å². The molecule has 3 rings (SSSR count). The molecule has 1 N–H and O–H groups in total. The van der Waals surface area contributed by atoms with Gasteiger partial charge in [0.25, 0.3) is 0 Å². The van der Waals surface area contributed by atoms with Crippen LogP contribution in [-0.4, -0.2) is 31.0 Å². The molecular formula is C24H28N2O2S. The van der Waals surface area contributed by atoms with Crippen LogP contribution in [0.1, 0.15) is 34.5 Å². The summed E-state index contributed by atoms with van der Waals surface area (Å²) in [5.41, 5.74) is 3.46. The molecule has 0 spiro atoms. The Labute approximate surface area is 177 Å². The monoisotopic (exact) mass is 408 g/mol. The first kappa shape index (κ1) is 21.1. The SMILES string of the molecule is CCOc1ccc(CN(C)CC(=O)NC(c2ccc(C)cc2)c2cccs2)cc1. The van der Waals surface area contributed by atoms with Crippen LogP contribution in [0.3, 0.4) is 0 Å². The molecule has 2 aromatic carbocycles. The second-order valence-electron chi connectivity index (χ2n) is 7.18. The van der Waals surface area contributed by atoms with Gasteiger partial charge in [-0.1, -0.05) is 48.0 Å². The molecule has 1 aromatic heterocycles. The van der Waals surface area contributed by atoms with Gasteiger partial charge >= 0.3 is 0 Å². The number of hydrogen-bond donors (Lipinski definition) is 1. The predicted octanol–water partition coefficient (Wildman–Crippen LogP) is 4.79. The first-order chi connectivity index (χ1) is 14.0. The summed E-state index contributed by atoms with van der Waals surface area (Å²) in [6, 6.07) is 20.3. The number of hydrogen-bond acceptors (Lipinski definition) is 4. The molecule has 3 aromatic rings. The van der Waals surface area contributed by atoms with E-state index in [1.165, 1.54) is 5.56 Å². The molecule has 0 aliphatic carbocycles. The maximum atomic E-state index is 12.8. The number of carbonyl (C=O) groups excluding carboxylic acids is 1. The van der Waals surface area contributed by atoms with Gasteiger partial charge in [0, 0.05) is 11.4 Å². The molecule has 29 heavy (non-hydrogen) atoms. The summed E-state index contributed by atoms with van der Waals surface area (Å²) in [6.07, 6.45) is 0. The zero-order valence-electron chi connectivity index (χ0n) is 17.2. The second kappa shape index (κ2) is 10.2. The van der Waals surface area contributed by atoms with Gasteiger partial charge < -0.3 is 10.1 Å². The molecule has 1 unspecified atom stereocenters. The van der Waals surface area contributed by atoms with Crippen molar-refractivity contribution < 1.29 is 9.53 Å². The van der Waals surface area contributed by atoms with Crippen LogP contribution >= 0.6 is 11.3 Å². The average Bonchev–Trinajstić information content (AvgIpc) is 3.23. The smallest absolute Gasteiger partial charge is 0.234 e. The molecule has 1 amide bonds. The summed E-state index contributed by atoms with van der Waals surface area (Å²) in [5, 5.41) is 5.25. The molecule has 0 fully saturated rings. The lowest BCUT2D eigenvalue weighted by molar-refractivity contribution is -0.122. The lowest BCUT2D eigenvalue weighted by atomic mass is 10.0. The Hall–Kier alpha value is -2.63. The molecule has 0 aliphatic rings. The standard InChI is InChI=1S/C24H28N2O2S/c1-4-28-21-13-9-19(10-14-21)16-26(3)17-23(27)25-24(22-6-5-15-29-22)20-11-7-18(2)8-12-20/h5-15,24H,4,16-17H2,1-3H3,(H,25,27). The van der Waals surface area contributed by atoms with Crippen LogP contribution in [0.15, 0.2) is 66.0 Å². The summed E-state index contributed by atoms with van der Waals surface area (Å²) in [7, 11) is 1.96. The number of carbonyl (C=O) groups is 1. The fourth-order valence-corrected chi connectivity index (χ4v) is 4.01. The number of benzene rings is 2. The Kier molecular flexibility index (Phi) is 7.44. The molecule has 4 nitrogen and oxygen atoms in total. The first-order valence-electron chi connectivity index (χ1n) is 9.84. The van der Waals surface area contributed by atoms with Crippen molar-refractivity contribution in [2.75, 3.05) is 20.2 Å². The van der Waals surface area contributed by atoms with Crippen molar-refractivity contribution in [2.24, 2.45) is 0 Å². The van der Waals surface area contributed by atoms with Crippen LogP contribution in [0.25, 0.3) is 0 Å². The second-order valence-corrected chi connectivity index (χ2v) is 8.16. The molecule has 0 saturated heterocycles. The largest absolute Gasteiger partial charge is 0.494 e. The number of thiophene rings is 1. The van der Waals surface area contributed by atoms with Crippen molar-refractivity contribution in [1.82, 2.24) is 10.2 Å². The number of aryl methyl sites for hydroxylation is 1. The van der Waals surface area contributed by atoms with Crippen LogP contribution in [0.4, 0.5) is 0 Å². The van der Waals surface area contributed by atoms with Gasteiger partial charge in [0.1, 0.15) is 5.75 Å². The molecular weight excluding hydrogens is 380 g/mol. The Morgan fingerprint density at radius 3 is 2.45 bits per heavy atom. The van der Waals surface area contributed by atoms with E-state index in [4.69, 9.17) is 4.74 Å². The number of likely N-dealkylation sites (N-methyl/N-ethyl adjacent to an activating group) is 1. The molecule has 1 atom stereocenters. The highest BCUT2D eigenvalue weighted by Crippen LogP contribution is 2.26. The van der Waals surface area contributed by atoms with Gasteiger partial charge in [-0.05, 0) is 55.6 Å². The van der Waals surface area contributed by atoms with Crippen LogP contribution in [0.2, 0.25) is 0 Å². The van der Waals surface area contributed by atoms with Crippen molar-refractivity contribution >= 4 is 17.2 Å². The molecule has 0 saturated carbocycles. The number of rotatable bonds is 9. The predicted molar refractivity (Wildman–Crippen MR) is 119 cm³/mol. The normalized spacial score (nSPS) is 12.0. The van der Waals surface area contributed by atoms with Crippen molar-refractivity contribution in [3.8, 4) is 5.75 Å². The van der Waals surface area contributed by atoms with Gasteiger partial charge in [0.05, 0.1) is 19.2 Å². The molecule has 0 radical (unpaired) electrons. The summed E-state index contributed by atoms with van der Waals surface area (Å²) >= 11 is 1.66. The van der Waals surface area contributed by atoms with Crippen LogP contribution < -0.4 is 10.1 Å². The topological polar surface area (TPSA) is 41.6 Å². The Bertz CT molecular complexity index is 890. The van der Waals surface area contributed by atoms with Crippen LogP contribution in [0.5, 0.6) is 5.75 Å². The van der Waals surface area contributed by atoms with Crippen molar-refractivity contribution in [1.29, 1.82) is 0 Å². The highest BCUT2D eigenvalue weighted by atomic mass is 32.1. The maximum absolute atomic E-state index is 12.8. The van der Waals surface area contributed by atoms with Crippen molar-refractivity contribution in [3.63, 3.8) is 0 Å². The van der Waals surface area contributed by atoms with Crippen LogP contribution in [0, 0.1) is 6.92 Å². The lowest BCUT2D eigenvalue weighted by Gasteiger charge is -2.21. The average molecular weight is 409 g/mol. The fourth-order valence-electron chi connectivity index (χ4n) is 3.21. The lowest BCUT2D eigenvalue weighted by Crippen LogP contribution is -2.37. The fraction of sp³-hybridized carbons (Fsp3) is 0.292. The van der Waals surface area contributed by atoms with E-state index in [1.54, 1.807) is 11.3 Å². The third-order valence-corrected chi connectivity index (χ3v) is 5.58. The molecule has 1 heterocycles. The van der Waals surface area contributed by atoms with E-state index in [2.05, 4.69) is 42.6 Å². The summed E-state index contributed by atoms with van der Waals surface area (Å²) in [4.78, 5) is 15.9. The number of nitrogens with zero attached hydrogens (tertiary/aromatic N) is 1. The Morgan fingerprint density at radius 2 is 1.83 bits per heavy atom. The minimum atomic E-state index is -0.123. The van der Waals surface area contributed by atoms with E-state index in [-0.39, 0.29) is 11.9 Å². The highest BCUT2D eigenvalue weighted by molar-refractivity contribution is 7.10. The molecule has 152 valence electrons. The van der Waals surface area contributed by atoms with E-state index < -0.39 is 0 Å². The zero-order valence-corrected chi connectivity index (χ0v) is 18.0. The van der Waals surface area contributed by atoms with E-state index >= 15 is 0 Å². The van der Waals surface area contributed by atoms with Gasteiger partial charge in [0.2, 0.25) is 5.91 Å². The third-order valence-electron chi connectivity index (χ3n) is 4.64. The van der Waals surface area contributed by atoms with E-state index in [0.717, 1.165) is 21.8 Å². The number of ether oxygens (including phenoxy) is 1.